The van der Waals surface area contributed by atoms with E-state index in [-0.39, 0.29) is 18.0 Å². The van der Waals surface area contributed by atoms with E-state index in [1.807, 2.05) is 24.0 Å². The van der Waals surface area contributed by atoms with E-state index in [1.165, 1.54) is 0 Å². The summed E-state index contributed by atoms with van der Waals surface area (Å²) in [7, 11) is 3.21. The fourth-order valence-corrected chi connectivity index (χ4v) is 2.72. The minimum absolute atomic E-state index is 0.0150. The van der Waals surface area contributed by atoms with Gasteiger partial charge in [-0.25, -0.2) is 0 Å². The average molecular weight is 304 g/mol. The Morgan fingerprint density at radius 3 is 2.45 bits per heavy atom. The molecule has 1 aromatic carbocycles. The lowest BCUT2D eigenvalue weighted by Gasteiger charge is -2.35. The van der Waals surface area contributed by atoms with Gasteiger partial charge >= 0.3 is 0 Å². The fourth-order valence-electron chi connectivity index (χ4n) is 2.72. The summed E-state index contributed by atoms with van der Waals surface area (Å²) in [5.74, 6) is 1.41. The van der Waals surface area contributed by atoms with Crippen LogP contribution in [-0.2, 0) is 4.79 Å². The van der Waals surface area contributed by atoms with Gasteiger partial charge in [-0.1, -0.05) is 0 Å². The standard InChI is InChI=1S/C17H24N2O3/c1-12-8-14(18)6-7-19(12)17(20)5-4-13-9-15(21-2)11-16(10-13)22-3/h4-5,9-12,14H,6-8,18H2,1-3H3/b5-4+. The van der Waals surface area contributed by atoms with Gasteiger partial charge in [-0.15, -0.1) is 0 Å². The predicted molar refractivity (Wildman–Crippen MR) is 87.0 cm³/mol. The number of benzene rings is 1. The van der Waals surface area contributed by atoms with Crippen LogP contribution in [0.25, 0.3) is 6.08 Å². The lowest BCUT2D eigenvalue weighted by Crippen LogP contribution is -2.47. The number of piperidine rings is 1. The van der Waals surface area contributed by atoms with Crippen LogP contribution in [0.1, 0.15) is 25.3 Å². The zero-order valence-electron chi connectivity index (χ0n) is 13.4. The highest BCUT2D eigenvalue weighted by atomic mass is 16.5. The smallest absolute Gasteiger partial charge is 0.246 e. The second-order valence-electron chi connectivity index (χ2n) is 5.64. The van der Waals surface area contributed by atoms with Crippen molar-refractivity contribution in [3.8, 4) is 11.5 Å². The van der Waals surface area contributed by atoms with Crippen molar-refractivity contribution in [2.24, 2.45) is 5.73 Å². The summed E-state index contributed by atoms with van der Waals surface area (Å²) in [6, 6.07) is 5.91. The number of ether oxygens (including phenoxy) is 2. The summed E-state index contributed by atoms with van der Waals surface area (Å²) in [5.41, 5.74) is 6.80. The summed E-state index contributed by atoms with van der Waals surface area (Å²) < 4.78 is 10.5. The Balaban J connectivity index is 2.09. The second kappa shape index (κ2) is 7.31. The van der Waals surface area contributed by atoms with Crippen LogP contribution in [0.3, 0.4) is 0 Å². The van der Waals surface area contributed by atoms with Gasteiger partial charge in [0.25, 0.3) is 0 Å². The van der Waals surface area contributed by atoms with Crippen LogP contribution in [0, 0.1) is 0 Å². The summed E-state index contributed by atoms with van der Waals surface area (Å²) in [4.78, 5) is 14.2. The lowest BCUT2D eigenvalue weighted by atomic mass is 9.99. The van der Waals surface area contributed by atoms with Gasteiger partial charge in [-0.3, -0.25) is 4.79 Å². The van der Waals surface area contributed by atoms with Crippen molar-refractivity contribution in [2.75, 3.05) is 20.8 Å². The number of nitrogens with two attached hydrogens (primary N) is 1. The van der Waals surface area contributed by atoms with Gasteiger partial charge in [0.1, 0.15) is 11.5 Å². The van der Waals surface area contributed by atoms with Crippen molar-refractivity contribution in [1.29, 1.82) is 0 Å². The van der Waals surface area contributed by atoms with Crippen molar-refractivity contribution < 1.29 is 14.3 Å². The topological polar surface area (TPSA) is 64.8 Å². The molecule has 1 amide bonds. The molecular formula is C17H24N2O3. The van der Waals surface area contributed by atoms with Gasteiger partial charge in [0.05, 0.1) is 14.2 Å². The maximum absolute atomic E-state index is 12.3. The van der Waals surface area contributed by atoms with Crippen molar-refractivity contribution in [1.82, 2.24) is 4.90 Å². The highest BCUT2D eigenvalue weighted by Crippen LogP contribution is 2.23. The molecule has 0 bridgehead atoms. The molecule has 0 radical (unpaired) electrons. The van der Waals surface area contributed by atoms with E-state index >= 15 is 0 Å². The maximum atomic E-state index is 12.3. The Bertz CT molecular complexity index is 535. The SMILES string of the molecule is COc1cc(/C=C/C(=O)N2CCC(N)CC2C)cc(OC)c1. The van der Waals surface area contributed by atoms with Crippen molar-refractivity contribution in [3.63, 3.8) is 0 Å². The number of rotatable bonds is 4. The Morgan fingerprint density at radius 2 is 1.91 bits per heavy atom. The summed E-state index contributed by atoms with van der Waals surface area (Å²) in [6.07, 6.45) is 5.10. The molecule has 1 fully saturated rings. The van der Waals surface area contributed by atoms with Crippen LogP contribution in [-0.4, -0.2) is 43.7 Å². The number of hydrogen-bond acceptors (Lipinski definition) is 4. The molecule has 0 aliphatic carbocycles. The van der Waals surface area contributed by atoms with Gasteiger partial charge in [0.15, 0.2) is 0 Å². The molecule has 0 aromatic heterocycles. The third-order valence-corrected chi connectivity index (χ3v) is 3.99. The van der Waals surface area contributed by atoms with E-state index in [4.69, 9.17) is 15.2 Å². The first-order chi connectivity index (χ1) is 10.5. The van der Waals surface area contributed by atoms with Gasteiger partial charge in [0.2, 0.25) is 5.91 Å². The number of methoxy groups -OCH3 is 2. The van der Waals surface area contributed by atoms with Crippen LogP contribution < -0.4 is 15.2 Å². The Hall–Kier alpha value is -2.01. The Kier molecular flexibility index (Phi) is 5.44. The molecule has 2 atom stereocenters. The van der Waals surface area contributed by atoms with E-state index in [2.05, 4.69) is 0 Å². The van der Waals surface area contributed by atoms with Gasteiger partial charge in [-0.2, -0.15) is 0 Å². The normalized spacial score (nSPS) is 21.9. The summed E-state index contributed by atoms with van der Waals surface area (Å²) in [6.45, 7) is 2.76. The van der Waals surface area contributed by atoms with E-state index in [9.17, 15) is 4.79 Å². The molecule has 22 heavy (non-hydrogen) atoms. The molecule has 0 spiro atoms. The summed E-state index contributed by atoms with van der Waals surface area (Å²) in [5, 5.41) is 0. The second-order valence-corrected chi connectivity index (χ2v) is 5.64. The first-order valence-electron chi connectivity index (χ1n) is 7.51. The third-order valence-electron chi connectivity index (χ3n) is 3.99. The number of carbonyl (C=O) groups is 1. The number of nitrogens with zero attached hydrogens (tertiary/aromatic N) is 1. The van der Waals surface area contributed by atoms with Crippen LogP contribution in [0.4, 0.5) is 0 Å². The Labute approximate surface area is 131 Å². The van der Waals surface area contributed by atoms with Gasteiger partial charge < -0.3 is 20.1 Å². The van der Waals surface area contributed by atoms with Crippen molar-refractivity contribution >= 4 is 12.0 Å². The number of hydrogen-bond donors (Lipinski definition) is 1. The van der Waals surface area contributed by atoms with E-state index in [0.717, 1.165) is 18.4 Å². The van der Waals surface area contributed by atoms with Crippen molar-refractivity contribution in [2.45, 2.75) is 31.8 Å². The van der Waals surface area contributed by atoms with Crippen molar-refractivity contribution in [3.05, 3.63) is 29.8 Å². The number of carbonyl (C=O) groups excluding carboxylic acids is 1. The lowest BCUT2D eigenvalue weighted by molar-refractivity contribution is -0.129. The van der Waals surface area contributed by atoms with Crippen LogP contribution in [0.2, 0.25) is 0 Å². The summed E-state index contributed by atoms with van der Waals surface area (Å²) >= 11 is 0. The molecule has 2 N–H and O–H groups in total. The molecule has 5 heteroatoms. The highest BCUT2D eigenvalue weighted by molar-refractivity contribution is 5.92. The molecule has 2 unspecified atom stereocenters. The zero-order valence-corrected chi connectivity index (χ0v) is 13.4. The Morgan fingerprint density at radius 1 is 1.27 bits per heavy atom. The van der Waals surface area contributed by atoms with Gasteiger partial charge in [0, 0.05) is 30.8 Å². The monoisotopic (exact) mass is 304 g/mol. The first kappa shape index (κ1) is 16.4. The minimum Gasteiger partial charge on any atom is -0.497 e. The average Bonchev–Trinajstić information content (AvgIpc) is 2.52. The highest BCUT2D eigenvalue weighted by Gasteiger charge is 2.25. The van der Waals surface area contributed by atoms with Crippen LogP contribution in [0.15, 0.2) is 24.3 Å². The van der Waals surface area contributed by atoms with E-state index in [0.29, 0.717) is 18.0 Å². The fraction of sp³-hybridized carbons (Fsp3) is 0.471. The zero-order chi connectivity index (χ0) is 16.1. The molecule has 5 nitrogen and oxygen atoms in total. The quantitative estimate of drug-likeness (QED) is 0.865. The third kappa shape index (κ3) is 4.01. The molecule has 1 saturated heterocycles. The molecule has 2 rings (SSSR count). The predicted octanol–water partition coefficient (Wildman–Crippen LogP) is 2.06. The number of likely N-dealkylation sites (tertiary alicyclic amines) is 1. The molecule has 120 valence electrons. The first-order valence-corrected chi connectivity index (χ1v) is 7.51. The molecule has 1 aliphatic rings. The molecule has 0 saturated carbocycles. The van der Waals surface area contributed by atoms with E-state index in [1.54, 1.807) is 32.4 Å². The van der Waals surface area contributed by atoms with Gasteiger partial charge in [-0.05, 0) is 43.5 Å². The largest absolute Gasteiger partial charge is 0.497 e. The molecule has 1 aliphatic heterocycles. The number of amides is 1. The maximum Gasteiger partial charge on any atom is 0.246 e. The van der Waals surface area contributed by atoms with E-state index < -0.39 is 0 Å². The van der Waals surface area contributed by atoms with Crippen LogP contribution >= 0.6 is 0 Å². The molecular weight excluding hydrogens is 280 g/mol. The molecule has 1 heterocycles. The molecule has 1 aromatic rings. The minimum atomic E-state index is 0.0150. The van der Waals surface area contributed by atoms with Crippen LogP contribution in [0.5, 0.6) is 11.5 Å².